The van der Waals surface area contributed by atoms with Crippen LogP contribution in [-0.2, 0) is 0 Å². The fourth-order valence-electron chi connectivity index (χ4n) is 3.44. The van der Waals surface area contributed by atoms with E-state index in [1.807, 2.05) is 24.3 Å². The van der Waals surface area contributed by atoms with Gasteiger partial charge in [0.2, 0.25) is 6.54 Å². The molecule has 0 N–H and O–H groups in total. The smallest absolute Gasteiger partial charge is 0.211 e. The highest BCUT2D eigenvalue weighted by Gasteiger charge is 2.34. The lowest BCUT2D eigenvalue weighted by Crippen LogP contribution is -2.26. The average molecular weight is 325 g/mol. The van der Waals surface area contributed by atoms with Gasteiger partial charge in [0, 0.05) is 4.92 Å². The molecule has 1 saturated carbocycles. The summed E-state index contributed by atoms with van der Waals surface area (Å²) in [6, 6.07) is 11.1. The minimum Gasteiger partial charge on any atom is -0.497 e. The second-order valence-corrected chi connectivity index (χ2v) is 5.87. The van der Waals surface area contributed by atoms with Crippen LogP contribution in [0.4, 0.5) is 0 Å². The molecular formula is C18H19N3O3. The molecule has 24 heavy (non-hydrogen) atoms. The van der Waals surface area contributed by atoms with E-state index in [9.17, 15) is 20.6 Å². The fourth-order valence-corrected chi connectivity index (χ4v) is 3.44. The van der Waals surface area contributed by atoms with Crippen molar-refractivity contribution in [2.45, 2.75) is 31.6 Å². The molecule has 6 heteroatoms. The molecule has 1 aliphatic rings. The molecule has 124 valence electrons. The summed E-state index contributed by atoms with van der Waals surface area (Å²) in [5.41, 5.74) is 1.72. The van der Waals surface area contributed by atoms with Gasteiger partial charge in [0.05, 0.1) is 13.0 Å². The van der Waals surface area contributed by atoms with Gasteiger partial charge in [0.1, 0.15) is 23.5 Å². The Kier molecular flexibility index (Phi) is 5.92. The van der Waals surface area contributed by atoms with Crippen molar-refractivity contribution in [3.8, 4) is 17.9 Å². The molecule has 0 unspecified atom stereocenters. The number of methoxy groups -OCH3 is 1. The third-order valence-electron chi connectivity index (χ3n) is 4.58. The molecule has 1 aromatic carbocycles. The molecule has 1 fully saturated rings. The first-order valence-electron chi connectivity index (χ1n) is 7.89. The van der Waals surface area contributed by atoms with E-state index < -0.39 is 0 Å². The number of benzene rings is 1. The van der Waals surface area contributed by atoms with Crippen LogP contribution in [0.5, 0.6) is 5.75 Å². The van der Waals surface area contributed by atoms with Crippen molar-refractivity contribution >= 4 is 0 Å². The van der Waals surface area contributed by atoms with Gasteiger partial charge in [-0.15, -0.1) is 0 Å². The Bertz CT molecular complexity index is 695. The summed E-state index contributed by atoms with van der Waals surface area (Å²) in [5, 5.41) is 29.6. The summed E-state index contributed by atoms with van der Waals surface area (Å²) in [6.07, 6.45) is 3.27. The highest BCUT2D eigenvalue weighted by Crippen LogP contribution is 2.41. The maximum Gasteiger partial charge on any atom is 0.211 e. The summed E-state index contributed by atoms with van der Waals surface area (Å²) in [7, 11) is 1.57. The van der Waals surface area contributed by atoms with Crippen LogP contribution < -0.4 is 4.74 Å². The molecule has 0 amide bonds. The Hall–Kier alpha value is -2.86. The lowest BCUT2D eigenvalue weighted by Gasteiger charge is -2.31. The monoisotopic (exact) mass is 325 g/mol. The molecular weight excluding hydrogens is 306 g/mol. The summed E-state index contributed by atoms with van der Waals surface area (Å²) in [6.45, 7) is -0.218. The second kappa shape index (κ2) is 8.12. The van der Waals surface area contributed by atoms with E-state index in [0.717, 1.165) is 30.4 Å². The van der Waals surface area contributed by atoms with Crippen LogP contribution >= 0.6 is 0 Å². The second-order valence-electron chi connectivity index (χ2n) is 5.87. The van der Waals surface area contributed by atoms with Gasteiger partial charge >= 0.3 is 0 Å². The van der Waals surface area contributed by atoms with Crippen LogP contribution in [-0.4, -0.2) is 18.6 Å². The van der Waals surface area contributed by atoms with Crippen LogP contribution in [0.15, 0.2) is 35.4 Å². The van der Waals surface area contributed by atoms with Gasteiger partial charge in [-0.25, -0.2) is 0 Å². The Balaban J connectivity index is 2.45. The lowest BCUT2D eigenvalue weighted by molar-refractivity contribution is -0.484. The predicted molar refractivity (Wildman–Crippen MR) is 87.8 cm³/mol. The van der Waals surface area contributed by atoms with E-state index in [-0.39, 0.29) is 28.9 Å². The van der Waals surface area contributed by atoms with Crippen molar-refractivity contribution in [1.29, 1.82) is 10.5 Å². The number of hydrogen-bond donors (Lipinski definition) is 0. The van der Waals surface area contributed by atoms with Crippen molar-refractivity contribution in [1.82, 2.24) is 0 Å². The Morgan fingerprint density at radius 2 is 2.00 bits per heavy atom. The van der Waals surface area contributed by atoms with E-state index in [2.05, 4.69) is 0 Å². The summed E-state index contributed by atoms with van der Waals surface area (Å²) in [5.74, 6) is 0.192. The molecule has 0 aliphatic heterocycles. The van der Waals surface area contributed by atoms with E-state index in [0.29, 0.717) is 12.2 Å². The molecule has 2 rings (SSSR count). The standard InChI is InChI=1S/C18H19N3O3/c1-24-15-8-6-13(7-9-15)18(12-21(22)23)17-5-3-2-4-16(17)14(10-19)11-20/h6-9,17-18H,2-5,12H2,1H3/t17-,18+/m1/s1. The van der Waals surface area contributed by atoms with Crippen molar-refractivity contribution in [2.24, 2.45) is 5.92 Å². The van der Waals surface area contributed by atoms with Gasteiger partial charge in [-0.2, -0.15) is 10.5 Å². The Morgan fingerprint density at radius 3 is 2.54 bits per heavy atom. The van der Waals surface area contributed by atoms with E-state index in [1.54, 1.807) is 19.2 Å². The molecule has 0 aromatic heterocycles. The van der Waals surface area contributed by atoms with Gasteiger partial charge in [0.25, 0.3) is 0 Å². The maximum atomic E-state index is 11.2. The minimum absolute atomic E-state index is 0.113. The van der Waals surface area contributed by atoms with Gasteiger partial charge < -0.3 is 4.74 Å². The van der Waals surface area contributed by atoms with Crippen molar-refractivity contribution in [3.63, 3.8) is 0 Å². The molecule has 0 heterocycles. The predicted octanol–water partition coefficient (Wildman–Crippen LogP) is 3.59. The number of rotatable bonds is 5. The van der Waals surface area contributed by atoms with E-state index in [1.165, 1.54) is 0 Å². The van der Waals surface area contributed by atoms with Gasteiger partial charge in [-0.1, -0.05) is 18.6 Å². The number of nitrogens with zero attached hydrogens (tertiary/aromatic N) is 3. The van der Waals surface area contributed by atoms with Crippen LogP contribution in [0.2, 0.25) is 0 Å². The van der Waals surface area contributed by atoms with Crippen molar-refractivity contribution in [2.75, 3.05) is 13.7 Å². The van der Waals surface area contributed by atoms with Gasteiger partial charge in [-0.3, -0.25) is 10.1 Å². The molecule has 1 aromatic rings. The highest BCUT2D eigenvalue weighted by atomic mass is 16.6. The van der Waals surface area contributed by atoms with E-state index >= 15 is 0 Å². The summed E-state index contributed by atoms with van der Waals surface area (Å²) in [4.78, 5) is 10.9. The number of nitriles is 2. The highest BCUT2D eigenvalue weighted by molar-refractivity contribution is 5.43. The fraction of sp³-hybridized carbons (Fsp3) is 0.444. The quantitative estimate of drug-likeness (QED) is 0.468. The number of ether oxygens (including phenoxy) is 1. The number of nitro groups is 1. The zero-order valence-corrected chi connectivity index (χ0v) is 13.6. The lowest BCUT2D eigenvalue weighted by atomic mass is 9.72. The Labute approximate surface area is 141 Å². The molecule has 0 radical (unpaired) electrons. The number of allylic oxidation sites excluding steroid dienone is 2. The molecule has 1 aliphatic carbocycles. The minimum atomic E-state index is -0.349. The molecule has 0 saturated heterocycles. The van der Waals surface area contributed by atoms with Crippen molar-refractivity contribution in [3.05, 3.63) is 51.1 Å². The first-order valence-corrected chi connectivity index (χ1v) is 7.89. The molecule has 0 spiro atoms. The topological polar surface area (TPSA) is 99.9 Å². The van der Waals surface area contributed by atoms with Crippen molar-refractivity contribution < 1.29 is 9.66 Å². The van der Waals surface area contributed by atoms with Crippen LogP contribution in [0.1, 0.15) is 37.2 Å². The van der Waals surface area contributed by atoms with Gasteiger partial charge in [-0.05, 0) is 48.4 Å². The first kappa shape index (κ1) is 17.5. The number of hydrogen-bond acceptors (Lipinski definition) is 5. The van der Waals surface area contributed by atoms with Crippen LogP contribution in [0, 0.1) is 38.7 Å². The molecule has 0 bridgehead atoms. The molecule has 2 atom stereocenters. The van der Waals surface area contributed by atoms with Crippen LogP contribution in [0.25, 0.3) is 0 Å². The third kappa shape index (κ3) is 3.91. The average Bonchev–Trinajstić information content (AvgIpc) is 2.61. The van der Waals surface area contributed by atoms with Crippen LogP contribution in [0.3, 0.4) is 0 Å². The van der Waals surface area contributed by atoms with E-state index in [4.69, 9.17) is 4.74 Å². The first-order chi connectivity index (χ1) is 11.6. The van der Waals surface area contributed by atoms with Gasteiger partial charge in [0.15, 0.2) is 0 Å². The largest absolute Gasteiger partial charge is 0.497 e. The molecule has 6 nitrogen and oxygen atoms in total. The maximum absolute atomic E-state index is 11.2. The summed E-state index contributed by atoms with van der Waals surface area (Å²) < 4.78 is 5.14. The zero-order valence-electron chi connectivity index (χ0n) is 13.6. The Morgan fingerprint density at radius 1 is 1.33 bits per heavy atom. The SMILES string of the molecule is COc1ccc([C@H](C[N+](=O)[O-])[C@@H]2CCCCC2=C(C#N)C#N)cc1. The third-order valence-corrected chi connectivity index (χ3v) is 4.58. The normalized spacial score (nSPS) is 18.1. The zero-order chi connectivity index (χ0) is 17.5. The summed E-state index contributed by atoms with van der Waals surface area (Å²) >= 11 is 0.